The first-order chi connectivity index (χ1) is 12.7. The molecule has 8 nitrogen and oxygen atoms in total. The van der Waals surface area contributed by atoms with Gasteiger partial charge in [-0.25, -0.2) is 19.9 Å². The van der Waals surface area contributed by atoms with E-state index in [9.17, 15) is 5.26 Å². The van der Waals surface area contributed by atoms with Gasteiger partial charge >= 0.3 is 0 Å². The van der Waals surface area contributed by atoms with E-state index >= 15 is 0 Å². The van der Waals surface area contributed by atoms with Gasteiger partial charge in [-0.2, -0.15) is 5.26 Å². The van der Waals surface area contributed by atoms with Crippen molar-refractivity contribution >= 4 is 17.5 Å². The second-order valence-corrected chi connectivity index (χ2v) is 6.64. The molecule has 4 rings (SSSR count). The fourth-order valence-corrected chi connectivity index (χ4v) is 3.60. The van der Waals surface area contributed by atoms with Crippen molar-refractivity contribution in [3.8, 4) is 6.07 Å². The summed E-state index contributed by atoms with van der Waals surface area (Å²) in [7, 11) is 0. The quantitative estimate of drug-likeness (QED) is 0.821. The molecule has 0 aromatic carbocycles. The van der Waals surface area contributed by atoms with E-state index in [1.165, 1.54) is 12.8 Å². The van der Waals surface area contributed by atoms with Gasteiger partial charge in [-0.15, -0.1) is 0 Å². The maximum atomic E-state index is 9.23. The Kier molecular flexibility index (Phi) is 4.52. The van der Waals surface area contributed by atoms with Crippen molar-refractivity contribution in [3.05, 3.63) is 30.0 Å². The lowest BCUT2D eigenvalue weighted by atomic mass is 10.3. The van der Waals surface area contributed by atoms with Crippen LogP contribution in [0.3, 0.4) is 0 Å². The Hall–Kier alpha value is -2.95. The Bertz CT molecular complexity index is 816. The smallest absolute Gasteiger partial charge is 0.183 e. The number of hydrogen-bond donors (Lipinski definition) is 0. The maximum absolute atomic E-state index is 9.23. The number of rotatable bonds is 3. The summed E-state index contributed by atoms with van der Waals surface area (Å²) in [5.41, 5.74) is 0.384. The first kappa shape index (κ1) is 16.5. The summed E-state index contributed by atoms with van der Waals surface area (Å²) >= 11 is 0. The molecule has 2 aliphatic rings. The number of nitrogens with zero attached hydrogens (tertiary/aromatic N) is 8. The molecule has 0 saturated carbocycles. The van der Waals surface area contributed by atoms with Gasteiger partial charge in [0.2, 0.25) is 0 Å². The summed E-state index contributed by atoms with van der Waals surface area (Å²) in [6, 6.07) is 4.24. The molecule has 0 bridgehead atoms. The molecule has 0 aliphatic carbocycles. The standard InChI is InChI=1S/C18H22N8/c1-14-22-16(24-6-2-3-7-24)12-17(23-14)25-8-10-26(11-9-25)18-15(13-19)20-4-5-21-18/h4-5,12H,2-3,6-11H2,1H3. The molecule has 8 heteroatoms. The Morgan fingerprint density at radius 3 is 2.08 bits per heavy atom. The third-order valence-electron chi connectivity index (χ3n) is 4.93. The van der Waals surface area contributed by atoms with Crippen molar-refractivity contribution in [3.63, 3.8) is 0 Å². The van der Waals surface area contributed by atoms with E-state index < -0.39 is 0 Å². The van der Waals surface area contributed by atoms with E-state index in [-0.39, 0.29) is 0 Å². The minimum atomic E-state index is 0.384. The normalized spacial score (nSPS) is 17.5. The van der Waals surface area contributed by atoms with Crippen LogP contribution in [0.15, 0.2) is 18.5 Å². The van der Waals surface area contributed by atoms with E-state index in [1.807, 2.05) is 6.92 Å². The van der Waals surface area contributed by atoms with Crippen LogP contribution in [0.4, 0.5) is 17.5 Å². The first-order valence-electron chi connectivity index (χ1n) is 9.06. The third-order valence-corrected chi connectivity index (χ3v) is 4.93. The Morgan fingerprint density at radius 1 is 0.846 bits per heavy atom. The van der Waals surface area contributed by atoms with E-state index in [1.54, 1.807) is 12.4 Å². The molecule has 2 aromatic rings. The zero-order valence-corrected chi connectivity index (χ0v) is 15.0. The fraction of sp³-hybridized carbons (Fsp3) is 0.500. The zero-order valence-electron chi connectivity index (χ0n) is 15.0. The molecule has 2 aliphatic heterocycles. The van der Waals surface area contributed by atoms with Crippen LogP contribution in [0.25, 0.3) is 0 Å². The second-order valence-electron chi connectivity index (χ2n) is 6.64. The second kappa shape index (κ2) is 7.12. The van der Waals surface area contributed by atoms with Crippen LogP contribution in [-0.2, 0) is 0 Å². The Morgan fingerprint density at radius 2 is 1.42 bits per heavy atom. The van der Waals surface area contributed by atoms with Gasteiger partial charge < -0.3 is 14.7 Å². The summed E-state index contributed by atoms with van der Waals surface area (Å²) in [4.78, 5) is 24.5. The van der Waals surface area contributed by atoms with Crippen LogP contribution in [0.1, 0.15) is 24.4 Å². The van der Waals surface area contributed by atoms with Gasteiger partial charge in [0.1, 0.15) is 23.5 Å². The summed E-state index contributed by atoms with van der Waals surface area (Å²) < 4.78 is 0. The Labute approximate surface area is 153 Å². The van der Waals surface area contributed by atoms with Gasteiger partial charge in [-0.1, -0.05) is 0 Å². The molecular weight excluding hydrogens is 328 g/mol. The molecule has 0 atom stereocenters. The summed E-state index contributed by atoms with van der Waals surface area (Å²) in [6.45, 7) is 7.35. The predicted octanol–water partition coefficient (Wildman–Crippen LogP) is 1.37. The predicted molar refractivity (Wildman–Crippen MR) is 99.4 cm³/mol. The molecule has 0 unspecified atom stereocenters. The average molecular weight is 350 g/mol. The molecule has 2 saturated heterocycles. The number of nitriles is 1. The molecule has 0 spiro atoms. The minimum Gasteiger partial charge on any atom is -0.356 e. The lowest BCUT2D eigenvalue weighted by molar-refractivity contribution is 0.638. The monoisotopic (exact) mass is 350 g/mol. The number of piperazine rings is 1. The highest BCUT2D eigenvalue weighted by molar-refractivity contribution is 5.54. The van der Waals surface area contributed by atoms with E-state index in [0.29, 0.717) is 11.5 Å². The molecule has 0 N–H and O–H groups in total. The molecular formula is C18H22N8. The highest BCUT2D eigenvalue weighted by Crippen LogP contribution is 2.24. The van der Waals surface area contributed by atoms with Crippen molar-refractivity contribution in [1.82, 2.24) is 19.9 Å². The van der Waals surface area contributed by atoms with E-state index in [4.69, 9.17) is 0 Å². The Balaban J connectivity index is 1.49. The summed E-state index contributed by atoms with van der Waals surface area (Å²) in [6.07, 6.45) is 5.66. The number of aryl methyl sites for hydroxylation is 1. The van der Waals surface area contributed by atoms with Crippen molar-refractivity contribution in [2.75, 3.05) is 54.0 Å². The van der Waals surface area contributed by atoms with Gasteiger partial charge in [0, 0.05) is 57.7 Å². The lowest BCUT2D eigenvalue weighted by Crippen LogP contribution is -2.47. The zero-order chi connectivity index (χ0) is 17.9. The molecule has 0 amide bonds. The topological polar surface area (TPSA) is 85.1 Å². The van der Waals surface area contributed by atoms with Crippen molar-refractivity contribution in [2.45, 2.75) is 19.8 Å². The molecule has 2 aromatic heterocycles. The summed E-state index contributed by atoms with van der Waals surface area (Å²) in [5.74, 6) is 3.51. The molecule has 26 heavy (non-hydrogen) atoms. The summed E-state index contributed by atoms with van der Waals surface area (Å²) in [5, 5.41) is 9.23. The van der Waals surface area contributed by atoms with Crippen LogP contribution in [-0.4, -0.2) is 59.2 Å². The average Bonchev–Trinajstić information content (AvgIpc) is 3.22. The fourth-order valence-electron chi connectivity index (χ4n) is 3.60. The van der Waals surface area contributed by atoms with Gasteiger partial charge in [-0.3, -0.25) is 0 Å². The van der Waals surface area contributed by atoms with Crippen molar-refractivity contribution in [2.24, 2.45) is 0 Å². The van der Waals surface area contributed by atoms with Gasteiger partial charge in [0.05, 0.1) is 0 Å². The molecule has 2 fully saturated rings. The minimum absolute atomic E-state index is 0.384. The van der Waals surface area contributed by atoms with E-state index in [2.05, 4.69) is 46.8 Å². The molecule has 134 valence electrons. The van der Waals surface area contributed by atoms with Crippen LogP contribution in [0.2, 0.25) is 0 Å². The van der Waals surface area contributed by atoms with Crippen molar-refractivity contribution in [1.29, 1.82) is 5.26 Å². The van der Waals surface area contributed by atoms with Gasteiger partial charge in [-0.05, 0) is 19.8 Å². The van der Waals surface area contributed by atoms with Crippen LogP contribution in [0.5, 0.6) is 0 Å². The number of hydrogen-bond acceptors (Lipinski definition) is 8. The van der Waals surface area contributed by atoms with Crippen molar-refractivity contribution < 1.29 is 0 Å². The van der Waals surface area contributed by atoms with Crippen LogP contribution >= 0.6 is 0 Å². The SMILES string of the molecule is Cc1nc(N2CCCC2)cc(N2CCN(c3nccnc3C#N)CC2)n1. The first-order valence-corrected chi connectivity index (χ1v) is 9.06. The van der Waals surface area contributed by atoms with E-state index in [0.717, 1.165) is 56.7 Å². The van der Waals surface area contributed by atoms with Crippen LogP contribution in [0, 0.1) is 18.3 Å². The molecule has 0 radical (unpaired) electrons. The largest absolute Gasteiger partial charge is 0.356 e. The van der Waals surface area contributed by atoms with Gasteiger partial charge in [0.15, 0.2) is 11.5 Å². The highest BCUT2D eigenvalue weighted by atomic mass is 15.3. The van der Waals surface area contributed by atoms with Gasteiger partial charge in [0.25, 0.3) is 0 Å². The highest BCUT2D eigenvalue weighted by Gasteiger charge is 2.23. The number of anilines is 3. The molecule has 4 heterocycles. The van der Waals surface area contributed by atoms with Crippen LogP contribution < -0.4 is 14.7 Å². The third kappa shape index (κ3) is 3.25. The maximum Gasteiger partial charge on any atom is 0.183 e. The number of aromatic nitrogens is 4. The lowest BCUT2D eigenvalue weighted by Gasteiger charge is -2.36.